The average molecular weight is 337 g/mol. The molecule has 25 heavy (non-hydrogen) atoms. The van der Waals surface area contributed by atoms with Crippen LogP contribution in [0.3, 0.4) is 0 Å². The third kappa shape index (κ3) is 3.22. The fourth-order valence-corrected chi connectivity index (χ4v) is 4.59. The Bertz CT molecular complexity index is 782. The molecule has 0 bridgehead atoms. The number of hydrogen-bond acceptors (Lipinski definition) is 3. The van der Waals surface area contributed by atoms with Crippen LogP contribution in [0.15, 0.2) is 30.3 Å². The molecule has 4 heteroatoms. The van der Waals surface area contributed by atoms with Gasteiger partial charge in [-0.3, -0.25) is 9.78 Å². The first-order valence-corrected chi connectivity index (χ1v) is 9.49. The fraction of sp³-hybridized carbons (Fsp3) is 0.524. The van der Waals surface area contributed by atoms with E-state index in [0.29, 0.717) is 24.3 Å². The molecule has 1 aromatic carbocycles. The molecule has 2 fully saturated rings. The number of nitrogens with zero attached hydrogens (tertiary/aromatic N) is 3. The summed E-state index contributed by atoms with van der Waals surface area (Å²) in [7, 11) is 2.14. The standard InChI is InChI=1S/C21H27N3O/c1-15-11-20(18-9-5-6-10-19(18)22-15)23(2)13-16-12-21(25)24(14-16)17-7-3-4-8-17/h5-6,9-11,16-17H,3-4,7-8,12-14H2,1-2H3. The number of carbonyl (C=O) groups is 1. The lowest BCUT2D eigenvalue weighted by molar-refractivity contribution is -0.129. The number of para-hydroxylation sites is 1. The number of benzene rings is 1. The van der Waals surface area contributed by atoms with Crippen molar-refractivity contribution in [2.24, 2.45) is 5.92 Å². The van der Waals surface area contributed by atoms with Gasteiger partial charge in [0.2, 0.25) is 5.91 Å². The summed E-state index contributed by atoms with van der Waals surface area (Å²) in [6.45, 7) is 3.89. The van der Waals surface area contributed by atoms with Crippen molar-refractivity contribution in [3.63, 3.8) is 0 Å². The number of likely N-dealkylation sites (tertiary alicyclic amines) is 1. The average Bonchev–Trinajstić information content (AvgIpc) is 3.23. The first-order valence-electron chi connectivity index (χ1n) is 9.49. The van der Waals surface area contributed by atoms with Crippen molar-refractivity contribution in [1.82, 2.24) is 9.88 Å². The van der Waals surface area contributed by atoms with Crippen molar-refractivity contribution < 1.29 is 4.79 Å². The van der Waals surface area contributed by atoms with Crippen molar-refractivity contribution >= 4 is 22.5 Å². The van der Waals surface area contributed by atoms with Crippen LogP contribution in [-0.2, 0) is 4.79 Å². The lowest BCUT2D eigenvalue weighted by atomic mass is 10.1. The molecule has 1 unspecified atom stereocenters. The van der Waals surface area contributed by atoms with E-state index in [2.05, 4.69) is 46.1 Å². The number of amides is 1. The van der Waals surface area contributed by atoms with Gasteiger partial charge < -0.3 is 9.80 Å². The molecule has 2 aromatic rings. The number of aryl methyl sites for hydroxylation is 1. The Kier molecular flexibility index (Phi) is 4.36. The van der Waals surface area contributed by atoms with E-state index in [4.69, 9.17) is 0 Å². The highest BCUT2D eigenvalue weighted by molar-refractivity contribution is 5.91. The Morgan fingerprint density at radius 3 is 2.80 bits per heavy atom. The molecule has 1 atom stereocenters. The molecule has 0 N–H and O–H groups in total. The van der Waals surface area contributed by atoms with E-state index in [9.17, 15) is 4.79 Å². The highest BCUT2D eigenvalue weighted by Gasteiger charge is 2.35. The summed E-state index contributed by atoms with van der Waals surface area (Å²) in [6, 6.07) is 11.0. The molecule has 1 saturated heterocycles. The molecule has 1 aliphatic carbocycles. The number of pyridine rings is 1. The summed E-state index contributed by atoms with van der Waals surface area (Å²) in [6.07, 6.45) is 5.65. The summed E-state index contributed by atoms with van der Waals surface area (Å²) in [4.78, 5) is 21.6. The van der Waals surface area contributed by atoms with Crippen LogP contribution in [0.25, 0.3) is 10.9 Å². The molecule has 2 aliphatic rings. The topological polar surface area (TPSA) is 36.4 Å². The Morgan fingerprint density at radius 2 is 2.00 bits per heavy atom. The predicted octanol–water partition coefficient (Wildman–Crippen LogP) is 3.77. The predicted molar refractivity (Wildman–Crippen MR) is 102 cm³/mol. The van der Waals surface area contributed by atoms with E-state index in [1.165, 1.54) is 36.8 Å². The Labute approximate surface area is 149 Å². The van der Waals surface area contributed by atoms with Crippen LogP contribution in [0.2, 0.25) is 0 Å². The Balaban J connectivity index is 1.51. The van der Waals surface area contributed by atoms with E-state index in [0.717, 1.165) is 24.3 Å². The van der Waals surface area contributed by atoms with E-state index in [1.54, 1.807) is 0 Å². The minimum atomic E-state index is 0.362. The molecule has 0 radical (unpaired) electrons. The van der Waals surface area contributed by atoms with Gasteiger partial charge in [-0.2, -0.15) is 0 Å². The molecule has 0 spiro atoms. The lowest BCUT2D eigenvalue weighted by Crippen LogP contribution is -2.35. The molecule has 4 rings (SSSR count). The van der Waals surface area contributed by atoms with E-state index >= 15 is 0 Å². The fourth-order valence-electron chi connectivity index (χ4n) is 4.59. The maximum absolute atomic E-state index is 12.5. The van der Waals surface area contributed by atoms with E-state index < -0.39 is 0 Å². The second-order valence-corrected chi connectivity index (χ2v) is 7.73. The van der Waals surface area contributed by atoms with Crippen LogP contribution in [0.1, 0.15) is 37.8 Å². The van der Waals surface area contributed by atoms with Crippen LogP contribution in [0, 0.1) is 12.8 Å². The second-order valence-electron chi connectivity index (χ2n) is 7.73. The SMILES string of the molecule is Cc1cc(N(C)CC2CC(=O)N(C3CCCC3)C2)c2ccccc2n1. The molecule has 2 heterocycles. The van der Waals surface area contributed by atoms with Gasteiger partial charge in [-0.05, 0) is 31.9 Å². The molecule has 1 aliphatic heterocycles. The number of carbonyl (C=O) groups excluding carboxylic acids is 1. The van der Waals surface area contributed by atoms with Gasteiger partial charge in [0.05, 0.1) is 5.52 Å². The van der Waals surface area contributed by atoms with Crippen molar-refractivity contribution in [3.05, 3.63) is 36.0 Å². The van der Waals surface area contributed by atoms with Gasteiger partial charge in [0.1, 0.15) is 0 Å². The largest absolute Gasteiger partial charge is 0.374 e. The maximum Gasteiger partial charge on any atom is 0.223 e. The highest BCUT2D eigenvalue weighted by Crippen LogP contribution is 2.31. The van der Waals surface area contributed by atoms with Crippen molar-refractivity contribution in [1.29, 1.82) is 0 Å². The normalized spacial score (nSPS) is 21.4. The van der Waals surface area contributed by atoms with Crippen LogP contribution >= 0.6 is 0 Å². The third-order valence-electron chi connectivity index (χ3n) is 5.77. The smallest absolute Gasteiger partial charge is 0.223 e. The number of aromatic nitrogens is 1. The second kappa shape index (κ2) is 6.66. The summed E-state index contributed by atoms with van der Waals surface area (Å²) in [5, 5.41) is 1.19. The van der Waals surface area contributed by atoms with Crippen LogP contribution in [-0.4, -0.2) is 42.0 Å². The zero-order chi connectivity index (χ0) is 17.4. The molecular formula is C21H27N3O. The van der Waals surface area contributed by atoms with Crippen molar-refractivity contribution in [3.8, 4) is 0 Å². The van der Waals surface area contributed by atoms with E-state index in [-0.39, 0.29) is 0 Å². The maximum atomic E-state index is 12.5. The molecule has 1 amide bonds. The van der Waals surface area contributed by atoms with Gasteiger partial charge in [-0.15, -0.1) is 0 Å². The molecule has 4 nitrogen and oxygen atoms in total. The molecular weight excluding hydrogens is 310 g/mol. The van der Waals surface area contributed by atoms with Gasteiger partial charge in [-0.1, -0.05) is 31.0 Å². The lowest BCUT2D eigenvalue weighted by Gasteiger charge is -2.27. The quantitative estimate of drug-likeness (QED) is 0.852. The van der Waals surface area contributed by atoms with Gasteiger partial charge in [0.15, 0.2) is 0 Å². The van der Waals surface area contributed by atoms with Crippen LogP contribution in [0.4, 0.5) is 5.69 Å². The zero-order valence-corrected chi connectivity index (χ0v) is 15.2. The molecule has 1 saturated carbocycles. The monoisotopic (exact) mass is 337 g/mol. The Hall–Kier alpha value is -2.10. The number of anilines is 1. The molecule has 1 aromatic heterocycles. The Morgan fingerprint density at radius 1 is 1.24 bits per heavy atom. The zero-order valence-electron chi connectivity index (χ0n) is 15.2. The highest BCUT2D eigenvalue weighted by atomic mass is 16.2. The van der Waals surface area contributed by atoms with Crippen molar-refractivity contribution in [2.45, 2.75) is 45.1 Å². The summed E-state index contributed by atoms with van der Waals surface area (Å²) in [5.41, 5.74) is 3.30. The van der Waals surface area contributed by atoms with Crippen LogP contribution < -0.4 is 4.90 Å². The van der Waals surface area contributed by atoms with E-state index in [1.807, 2.05) is 13.0 Å². The van der Waals surface area contributed by atoms with Gasteiger partial charge >= 0.3 is 0 Å². The molecule has 132 valence electrons. The van der Waals surface area contributed by atoms with Gasteiger partial charge in [0, 0.05) is 55.3 Å². The first kappa shape index (κ1) is 16.4. The number of rotatable bonds is 4. The number of fused-ring (bicyclic) bond motifs is 1. The number of hydrogen-bond donors (Lipinski definition) is 0. The third-order valence-corrected chi connectivity index (χ3v) is 5.77. The summed E-state index contributed by atoms with van der Waals surface area (Å²) >= 11 is 0. The van der Waals surface area contributed by atoms with Gasteiger partial charge in [0.25, 0.3) is 0 Å². The van der Waals surface area contributed by atoms with Crippen molar-refractivity contribution in [2.75, 3.05) is 25.0 Å². The van der Waals surface area contributed by atoms with Crippen LogP contribution in [0.5, 0.6) is 0 Å². The first-order chi connectivity index (χ1) is 12.1. The minimum Gasteiger partial charge on any atom is -0.374 e. The van der Waals surface area contributed by atoms with Gasteiger partial charge in [-0.25, -0.2) is 0 Å². The summed E-state index contributed by atoms with van der Waals surface area (Å²) in [5.74, 6) is 0.784. The summed E-state index contributed by atoms with van der Waals surface area (Å²) < 4.78 is 0. The minimum absolute atomic E-state index is 0.362.